The van der Waals surface area contributed by atoms with Crippen molar-refractivity contribution in [3.63, 3.8) is 0 Å². The molecule has 28 heavy (non-hydrogen) atoms. The van der Waals surface area contributed by atoms with Gasteiger partial charge in [-0.3, -0.25) is 0 Å². The van der Waals surface area contributed by atoms with Gasteiger partial charge in [-0.25, -0.2) is 9.59 Å². The van der Waals surface area contributed by atoms with Gasteiger partial charge in [0.15, 0.2) is 6.61 Å². The topological polar surface area (TPSA) is 64.6 Å². The summed E-state index contributed by atoms with van der Waals surface area (Å²) in [5.74, 6) is -1.20. The van der Waals surface area contributed by atoms with Crippen molar-refractivity contribution >= 4 is 28.0 Å². The van der Waals surface area contributed by atoms with Gasteiger partial charge in [-0.15, -0.1) is 0 Å². The minimum Gasteiger partial charge on any atom is -0.454 e. The number of amides is 1. The number of carbonyl (C=O) groups excluding carboxylic acids is 2. The third kappa shape index (κ3) is 7.99. The van der Waals surface area contributed by atoms with Gasteiger partial charge in [0.1, 0.15) is 12.6 Å². The van der Waals surface area contributed by atoms with Crippen molar-refractivity contribution in [2.45, 2.75) is 25.2 Å². The molecule has 0 heterocycles. The fraction of sp³-hybridized carbons (Fsp3) is 0.263. The summed E-state index contributed by atoms with van der Waals surface area (Å²) in [7, 11) is 0. The second-order valence-corrected chi connectivity index (χ2v) is 6.73. The summed E-state index contributed by atoms with van der Waals surface area (Å²) < 4.78 is 47.0. The van der Waals surface area contributed by atoms with E-state index in [-0.39, 0.29) is 13.0 Å². The summed E-state index contributed by atoms with van der Waals surface area (Å²) in [5.41, 5.74) is 1.34. The fourth-order valence-corrected chi connectivity index (χ4v) is 2.70. The fourth-order valence-electron chi connectivity index (χ4n) is 2.25. The molecule has 0 fully saturated rings. The highest BCUT2D eigenvalue weighted by atomic mass is 79.9. The van der Waals surface area contributed by atoms with Gasteiger partial charge in [0.25, 0.3) is 0 Å². The molecule has 0 aliphatic carbocycles. The third-order valence-electron chi connectivity index (χ3n) is 3.50. The van der Waals surface area contributed by atoms with Crippen molar-refractivity contribution in [3.05, 3.63) is 70.2 Å². The Bertz CT molecular complexity index is 799. The van der Waals surface area contributed by atoms with Crippen LogP contribution in [-0.2, 0) is 27.3 Å². The van der Waals surface area contributed by atoms with E-state index in [2.05, 4.69) is 26.0 Å². The number of alkyl carbamates (subject to hydrolysis) is 1. The average Bonchev–Trinajstić information content (AvgIpc) is 2.64. The van der Waals surface area contributed by atoms with Crippen LogP contribution in [0.3, 0.4) is 0 Å². The molecule has 1 atom stereocenters. The zero-order chi connectivity index (χ0) is 20.6. The molecule has 2 rings (SSSR count). The van der Waals surface area contributed by atoms with Gasteiger partial charge in [-0.05, 0) is 23.3 Å². The first-order valence-electron chi connectivity index (χ1n) is 8.18. The number of carbonyl (C=O) groups is 2. The van der Waals surface area contributed by atoms with Crippen molar-refractivity contribution in [1.29, 1.82) is 0 Å². The number of rotatable bonds is 7. The van der Waals surface area contributed by atoms with Crippen LogP contribution in [0.2, 0.25) is 0 Å². The van der Waals surface area contributed by atoms with Gasteiger partial charge >= 0.3 is 18.2 Å². The van der Waals surface area contributed by atoms with Crippen molar-refractivity contribution in [1.82, 2.24) is 5.32 Å². The number of esters is 1. The van der Waals surface area contributed by atoms with Crippen molar-refractivity contribution in [2.75, 3.05) is 6.61 Å². The van der Waals surface area contributed by atoms with Crippen LogP contribution in [0.1, 0.15) is 11.1 Å². The molecule has 5 nitrogen and oxygen atoms in total. The number of nitrogens with one attached hydrogen (secondary N) is 1. The van der Waals surface area contributed by atoms with Crippen LogP contribution in [0.4, 0.5) is 18.0 Å². The molecule has 2 aromatic carbocycles. The van der Waals surface area contributed by atoms with Crippen LogP contribution in [0.5, 0.6) is 0 Å². The second-order valence-electron chi connectivity index (χ2n) is 5.82. The van der Waals surface area contributed by atoms with Crippen molar-refractivity contribution in [3.8, 4) is 0 Å². The first kappa shape index (κ1) is 21.7. The van der Waals surface area contributed by atoms with E-state index in [0.29, 0.717) is 5.56 Å². The summed E-state index contributed by atoms with van der Waals surface area (Å²) >= 11 is 3.27. The summed E-state index contributed by atoms with van der Waals surface area (Å²) in [5, 5.41) is 2.27. The molecule has 0 aliphatic heterocycles. The van der Waals surface area contributed by atoms with Gasteiger partial charge in [0, 0.05) is 10.9 Å². The summed E-state index contributed by atoms with van der Waals surface area (Å²) in [6.45, 7) is -1.78. The Balaban J connectivity index is 2.01. The molecule has 2 aromatic rings. The highest BCUT2D eigenvalue weighted by Gasteiger charge is 2.32. The average molecular weight is 460 g/mol. The van der Waals surface area contributed by atoms with Crippen LogP contribution in [0.15, 0.2) is 59.1 Å². The minimum absolute atomic E-state index is 0.0477. The first-order chi connectivity index (χ1) is 13.2. The van der Waals surface area contributed by atoms with E-state index in [9.17, 15) is 22.8 Å². The predicted octanol–water partition coefficient (Wildman–Crippen LogP) is 4.39. The quantitative estimate of drug-likeness (QED) is 0.623. The van der Waals surface area contributed by atoms with E-state index in [1.807, 2.05) is 0 Å². The second kappa shape index (κ2) is 10.1. The molecule has 1 N–H and O–H groups in total. The van der Waals surface area contributed by atoms with Crippen LogP contribution in [-0.4, -0.2) is 30.9 Å². The van der Waals surface area contributed by atoms with Gasteiger partial charge in [0.05, 0.1) is 0 Å². The predicted molar refractivity (Wildman–Crippen MR) is 98.4 cm³/mol. The van der Waals surface area contributed by atoms with Crippen LogP contribution in [0.25, 0.3) is 0 Å². The van der Waals surface area contributed by atoms with Gasteiger partial charge in [-0.1, -0.05) is 58.4 Å². The highest BCUT2D eigenvalue weighted by molar-refractivity contribution is 9.10. The molecule has 9 heteroatoms. The lowest BCUT2D eigenvalue weighted by atomic mass is 10.1. The maximum Gasteiger partial charge on any atom is 0.422 e. The van der Waals surface area contributed by atoms with E-state index >= 15 is 0 Å². The maximum atomic E-state index is 12.3. The van der Waals surface area contributed by atoms with E-state index in [4.69, 9.17) is 4.74 Å². The molecule has 0 radical (unpaired) electrons. The van der Waals surface area contributed by atoms with Crippen molar-refractivity contribution in [2.24, 2.45) is 0 Å². The summed E-state index contributed by atoms with van der Waals surface area (Å²) in [6, 6.07) is 14.3. The molecule has 0 aromatic heterocycles. The molecule has 0 spiro atoms. The van der Waals surface area contributed by atoms with Gasteiger partial charge in [-0.2, -0.15) is 13.2 Å². The number of alkyl halides is 3. The molecular weight excluding hydrogens is 443 g/mol. The monoisotopic (exact) mass is 459 g/mol. The largest absolute Gasteiger partial charge is 0.454 e. The van der Waals surface area contributed by atoms with Gasteiger partial charge < -0.3 is 14.8 Å². The molecular formula is C19H17BrF3NO4. The van der Waals surface area contributed by atoms with Gasteiger partial charge in [0.2, 0.25) is 0 Å². The number of halogens is 4. The molecule has 1 amide bonds. The van der Waals surface area contributed by atoms with E-state index < -0.39 is 30.9 Å². The molecule has 0 saturated heterocycles. The Morgan fingerprint density at radius 3 is 2.32 bits per heavy atom. The lowest BCUT2D eigenvalue weighted by molar-refractivity contribution is -0.187. The van der Waals surface area contributed by atoms with Crippen LogP contribution in [0, 0.1) is 0 Å². The van der Waals surface area contributed by atoms with E-state index in [1.54, 1.807) is 54.6 Å². The highest BCUT2D eigenvalue weighted by Crippen LogP contribution is 2.17. The number of hydrogen-bond acceptors (Lipinski definition) is 4. The molecule has 150 valence electrons. The summed E-state index contributed by atoms with van der Waals surface area (Å²) in [4.78, 5) is 24.1. The van der Waals surface area contributed by atoms with Crippen LogP contribution >= 0.6 is 15.9 Å². The van der Waals surface area contributed by atoms with Crippen molar-refractivity contribution < 1.29 is 32.2 Å². The number of hydrogen-bond donors (Lipinski definition) is 1. The number of benzene rings is 2. The molecule has 0 aliphatic rings. The summed E-state index contributed by atoms with van der Waals surface area (Å²) in [6.07, 6.45) is -5.66. The Morgan fingerprint density at radius 1 is 1.00 bits per heavy atom. The zero-order valence-corrected chi connectivity index (χ0v) is 16.1. The third-order valence-corrected chi connectivity index (χ3v) is 3.99. The normalized spacial score (nSPS) is 12.1. The Morgan fingerprint density at radius 2 is 1.68 bits per heavy atom. The van der Waals surface area contributed by atoms with Crippen LogP contribution < -0.4 is 5.32 Å². The Kier molecular flexibility index (Phi) is 7.86. The minimum atomic E-state index is -4.66. The first-order valence-corrected chi connectivity index (χ1v) is 8.97. The molecule has 1 unspecified atom stereocenters. The number of ether oxygens (including phenoxy) is 2. The smallest absolute Gasteiger partial charge is 0.422 e. The Hall–Kier alpha value is -2.55. The van der Waals surface area contributed by atoms with E-state index in [1.165, 1.54) is 0 Å². The Labute approximate surface area is 168 Å². The SMILES string of the molecule is O=C(NC(Cc1cccc(Br)c1)C(=O)OCC(F)(F)F)OCc1ccccc1. The lowest BCUT2D eigenvalue weighted by Gasteiger charge is -2.18. The lowest BCUT2D eigenvalue weighted by Crippen LogP contribution is -2.44. The standard InChI is InChI=1S/C19H17BrF3NO4/c20-15-8-4-7-14(9-15)10-16(17(25)28-12-19(21,22)23)24-18(26)27-11-13-5-2-1-3-6-13/h1-9,16H,10-12H2,(H,24,26). The molecule has 0 saturated carbocycles. The molecule has 0 bridgehead atoms. The zero-order valence-electron chi connectivity index (χ0n) is 14.5. The van der Waals surface area contributed by atoms with E-state index in [0.717, 1.165) is 10.0 Å². The maximum absolute atomic E-state index is 12.3.